The molecule has 1 heterocycles. The van der Waals surface area contributed by atoms with E-state index in [0.29, 0.717) is 12.6 Å². The van der Waals surface area contributed by atoms with Crippen LogP contribution in [0.15, 0.2) is 12.4 Å². The van der Waals surface area contributed by atoms with E-state index in [0.717, 1.165) is 13.0 Å². The Bertz CT molecular complexity index is 373. The van der Waals surface area contributed by atoms with Crippen molar-refractivity contribution in [1.82, 2.24) is 9.88 Å². The third-order valence-electron chi connectivity index (χ3n) is 3.02. The minimum atomic E-state index is 0.464. The lowest BCUT2D eigenvalue weighted by Crippen LogP contribution is -2.23. The molecule has 1 atom stereocenters. The van der Waals surface area contributed by atoms with Crippen LogP contribution >= 0.6 is 0 Å². The highest BCUT2D eigenvalue weighted by molar-refractivity contribution is 5.30. The summed E-state index contributed by atoms with van der Waals surface area (Å²) in [4.78, 5) is 0. The number of nitrogens with zero attached hydrogens (tertiary/aromatic N) is 2. The fourth-order valence-corrected chi connectivity index (χ4v) is 2.38. The average molecular weight is 203 g/mol. The molecule has 80 valence electrons. The standard InChI is InChI=1S/C12H17N3/c1-2-14-12-5-3-4-10-8-15(7-6-13)9-11(10)12/h8-9,12,14H,2-5,7H2,1H3. The Balaban J connectivity index is 2.23. The fraction of sp³-hybridized carbons (Fsp3) is 0.583. The molecule has 0 aliphatic heterocycles. The number of hydrogen-bond donors (Lipinski definition) is 1. The minimum absolute atomic E-state index is 0.464. The number of hydrogen-bond acceptors (Lipinski definition) is 2. The summed E-state index contributed by atoms with van der Waals surface area (Å²) in [5.74, 6) is 0. The normalized spacial score (nSPS) is 19.6. The second-order valence-electron chi connectivity index (χ2n) is 4.07. The van der Waals surface area contributed by atoms with E-state index in [1.165, 1.54) is 24.0 Å². The Hall–Kier alpha value is -1.27. The summed E-state index contributed by atoms with van der Waals surface area (Å²) >= 11 is 0. The smallest absolute Gasteiger partial charge is 0.109 e. The molecule has 15 heavy (non-hydrogen) atoms. The van der Waals surface area contributed by atoms with Crippen molar-refractivity contribution < 1.29 is 0 Å². The maximum Gasteiger partial charge on any atom is 0.109 e. The van der Waals surface area contributed by atoms with Crippen molar-refractivity contribution in [2.24, 2.45) is 0 Å². The zero-order valence-electron chi connectivity index (χ0n) is 9.16. The molecule has 1 aliphatic carbocycles. The van der Waals surface area contributed by atoms with Gasteiger partial charge in [-0.3, -0.25) is 0 Å². The second kappa shape index (κ2) is 4.50. The Morgan fingerprint density at radius 3 is 3.20 bits per heavy atom. The van der Waals surface area contributed by atoms with Crippen LogP contribution in [0, 0.1) is 11.3 Å². The van der Waals surface area contributed by atoms with E-state index < -0.39 is 0 Å². The van der Waals surface area contributed by atoms with Gasteiger partial charge < -0.3 is 9.88 Å². The molecule has 0 spiro atoms. The van der Waals surface area contributed by atoms with Crippen LogP contribution in [0.2, 0.25) is 0 Å². The first-order chi connectivity index (χ1) is 7.35. The molecule has 1 aromatic heterocycles. The van der Waals surface area contributed by atoms with Gasteiger partial charge in [-0.25, -0.2) is 0 Å². The summed E-state index contributed by atoms with van der Waals surface area (Å²) < 4.78 is 2.00. The molecule has 1 aromatic rings. The maximum atomic E-state index is 8.66. The largest absolute Gasteiger partial charge is 0.340 e. The lowest BCUT2D eigenvalue weighted by atomic mass is 9.91. The average Bonchev–Trinajstić information content (AvgIpc) is 2.62. The van der Waals surface area contributed by atoms with E-state index in [9.17, 15) is 0 Å². The Morgan fingerprint density at radius 2 is 2.47 bits per heavy atom. The van der Waals surface area contributed by atoms with Crippen LogP contribution in [-0.2, 0) is 13.0 Å². The van der Waals surface area contributed by atoms with Crippen molar-refractivity contribution in [3.05, 3.63) is 23.5 Å². The van der Waals surface area contributed by atoms with E-state index >= 15 is 0 Å². The Labute approximate surface area is 90.7 Å². The highest BCUT2D eigenvalue weighted by Gasteiger charge is 2.20. The lowest BCUT2D eigenvalue weighted by molar-refractivity contribution is 0.473. The molecule has 3 nitrogen and oxygen atoms in total. The van der Waals surface area contributed by atoms with Crippen molar-refractivity contribution >= 4 is 0 Å². The molecular weight excluding hydrogens is 186 g/mol. The van der Waals surface area contributed by atoms with E-state index in [1.807, 2.05) is 4.57 Å². The highest BCUT2D eigenvalue weighted by Crippen LogP contribution is 2.30. The molecule has 0 saturated carbocycles. The number of nitrogens with one attached hydrogen (secondary N) is 1. The molecule has 0 amide bonds. The highest BCUT2D eigenvalue weighted by atomic mass is 15.0. The first-order valence-corrected chi connectivity index (χ1v) is 5.64. The van der Waals surface area contributed by atoms with E-state index in [4.69, 9.17) is 5.26 Å². The summed E-state index contributed by atoms with van der Waals surface area (Å²) in [5, 5.41) is 12.2. The summed E-state index contributed by atoms with van der Waals surface area (Å²) in [7, 11) is 0. The predicted octanol–water partition coefficient (Wildman–Crippen LogP) is 2.00. The van der Waals surface area contributed by atoms with Gasteiger partial charge in [-0.2, -0.15) is 5.26 Å². The van der Waals surface area contributed by atoms with Gasteiger partial charge in [0.2, 0.25) is 0 Å². The monoisotopic (exact) mass is 203 g/mol. The van der Waals surface area contributed by atoms with Crippen molar-refractivity contribution in [2.45, 2.75) is 38.8 Å². The first-order valence-electron chi connectivity index (χ1n) is 5.64. The van der Waals surface area contributed by atoms with Gasteiger partial charge in [0.1, 0.15) is 6.54 Å². The number of aromatic nitrogens is 1. The zero-order chi connectivity index (χ0) is 10.7. The van der Waals surface area contributed by atoms with E-state index in [-0.39, 0.29) is 0 Å². The second-order valence-corrected chi connectivity index (χ2v) is 4.07. The van der Waals surface area contributed by atoms with E-state index in [1.54, 1.807) is 0 Å². The summed E-state index contributed by atoms with van der Waals surface area (Å²) in [6.07, 6.45) is 7.89. The van der Waals surface area contributed by atoms with Crippen LogP contribution < -0.4 is 5.32 Å². The number of rotatable bonds is 3. The van der Waals surface area contributed by atoms with Crippen LogP contribution in [0.1, 0.15) is 36.9 Å². The SMILES string of the molecule is CCNC1CCCc2cn(CC#N)cc21. The molecule has 2 rings (SSSR count). The van der Waals surface area contributed by atoms with Crippen LogP contribution in [0.25, 0.3) is 0 Å². The lowest BCUT2D eigenvalue weighted by Gasteiger charge is -2.22. The molecule has 0 saturated heterocycles. The topological polar surface area (TPSA) is 40.8 Å². The van der Waals surface area contributed by atoms with Crippen molar-refractivity contribution in [1.29, 1.82) is 5.26 Å². The fourth-order valence-electron chi connectivity index (χ4n) is 2.38. The third kappa shape index (κ3) is 2.05. The summed E-state index contributed by atoms with van der Waals surface area (Å²) in [6.45, 7) is 3.61. The van der Waals surface area contributed by atoms with Gasteiger partial charge in [0.05, 0.1) is 6.07 Å². The first kappa shape index (κ1) is 10.3. The van der Waals surface area contributed by atoms with Crippen LogP contribution in [0.4, 0.5) is 0 Å². The molecule has 3 heteroatoms. The van der Waals surface area contributed by atoms with Gasteiger partial charge in [-0.15, -0.1) is 0 Å². The van der Waals surface area contributed by atoms with Crippen LogP contribution in [0.5, 0.6) is 0 Å². The van der Waals surface area contributed by atoms with Crippen molar-refractivity contribution in [3.63, 3.8) is 0 Å². The molecule has 0 fully saturated rings. The molecule has 0 bridgehead atoms. The van der Waals surface area contributed by atoms with Crippen molar-refractivity contribution in [2.75, 3.05) is 6.54 Å². The molecule has 1 N–H and O–H groups in total. The summed E-state index contributed by atoms with van der Waals surface area (Å²) in [5.41, 5.74) is 2.82. The Kier molecular flexibility index (Phi) is 3.08. The number of nitriles is 1. The molecule has 1 unspecified atom stereocenters. The maximum absolute atomic E-state index is 8.66. The molecule has 1 aliphatic rings. The van der Waals surface area contributed by atoms with Crippen LogP contribution in [0.3, 0.4) is 0 Å². The van der Waals surface area contributed by atoms with Gasteiger partial charge in [0.15, 0.2) is 0 Å². The van der Waals surface area contributed by atoms with Gasteiger partial charge in [-0.05, 0) is 36.9 Å². The molecule has 0 aromatic carbocycles. The van der Waals surface area contributed by atoms with Gasteiger partial charge in [-0.1, -0.05) is 6.92 Å². The van der Waals surface area contributed by atoms with Gasteiger partial charge in [0, 0.05) is 18.4 Å². The van der Waals surface area contributed by atoms with Crippen molar-refractivity contribution in [3.8, 4) is 6.07 Å². The third-order valence-corrected chi connectivity index (χ3v) is 3.02. The number of aryl methyl sites for hydroxylation is 1. The quantitative estimate of drug-likeness (QED) is 0.816. The Morgan fingerprint density at radius 1 is 1.60 bits per heavy atom. The van der Waals surface area contributed by atoms with Gasteiger partial charge >= 0.3 is 0 Å². The zero-order valence-corrected chi connectivity index (χ0v) is 9.16. The minimum Gasteiger partial charge on any atom is -0.340 e. The van der Waals surface area contributed by atoms with Gasteiger partial charge in [0.25, 0.3) is 0 Å². The summed E-state index contributed by atoms with van der Waals surface area (Å²) in [6, 6.07) is 2.68. The van der Waals surface area contributed by atoms with Crippen LogP contribution in [-0.4, -0.2) is 11.1 Å². The van der Waals surface area contributed by atoms with E-state index in [2.05, 4.69) is 30.7 Å². The molecule has 0 radical (unpaired) electrons. The number of fused-ring (bicyclic) bond motifs is 1. The predicted molar refractivity (Wildman–Crippen MR) is 59.4 cm³/mol. The molecular formula is C12H17N3.